The summed E-state index contributed by atoms with van der Waals surface area (Å²) in [4.78, 5) is 10.5. The van der Waals surface area contributed by atoms with Gasteiger partial charge in [0.1, 0.15) is 5.97 Å². The lowest BCUT2D eigenvalue weighted by molar-refractivity contribution is -0.388. The first kappa shape index (κ1) is 13.2. The molecule has 4 fully saturated rings. The third-order valence-electron chi connectivity index (χ3n) is 5.05. The Kier molecular flexibility index (Phi) is 2.71. The summed E-state index contributed by atoms with van der Waals surface area (Å²) in [5.41, 5.74) is -1.46. The van der Waals surface area contributed by atoms with E-state index in [-0.39, 0.29) is 23.9 Å². The van der Waals surface area contributed by atoms with Crippen LogP contribution in [-0.2, 0) is 9.53 Å². The normalized spacial score (nSPS) is 44.6. The maximum absolute atomic E-state index is 13.3. The highest BCUT2D eigenvalue weighted by Crippen LogP contribution is 2.63. The number of carbonyl (C=O) groups excluding carboxylic acids is 1. The molecule has 4 aliphatic rings. The Morgan fingerprint density at radius 2 is 1.89 bits per heavy atom. The van der Waals surface area contributed by atoms with Crippen LogP contribution in [0.25, 0.3) is 0 Å². The van der Waals surface area contributed by atoms with E-state index >= 15 is 0 Å². The molecule has 0 heterocycles. The summed E-state index contributed by atoms with van der Waals surface area (Å²) in [6.45, 7) is -0.0397. The molecule has 108 valence electrons. The van der Waals surface area contributed by atoms with Gasteiger partial charge in [-0.15, -0.1) is 0 Å². The Morgan fingerprint density at radius 1 is 1.32 bits per heavy atom. The van der Waals surface area contributed by atoms with Gasteiger partial charge in [0.2, 0.25) is 0 Å². The predicted octanol–water partition coefficient (Wildman–Crippen LogP) is 0.677. The Bertz CT molecular complexity index is 395. The van der Waals surface area contributed by atoms with Crippen molar-refractivity contribution >= 4 is 5.97 Å². The molecule has 6 heteroatoms. The van der Waals surface area contributed by atoms with E-state index < -0.39 is 17.7 Å². The van der Waals surface area contributed by atoms with E-state index in [1.54, 1.807) is 0 Å². The molecule has 0 aromatic rings. The standard InChI is InChI=1S/C13H18F2O4/c14-13(15,10(17)18)19-12-4-8-1-9(5-12)3-11(2-8,6-12)7-16/h8-9,16H,1-7H2,(H,17,18)/p-1. The Labute approximate surface area is 109 Å². The number of aliphatic hydroxyl groups excluding tert-OH is 1. The molecule has 4 saturated carbocycles. The number of hydrogen-bond acceptors (Lipinski definition) is 4. The van der Waals surface area contributed by atoms with Crippen LogP contribution >= 0.6 is 0 Å². The van der Waals surface area contributed by atoms with E-state index in [0.717, 1.165) is 19.3 Å². The third-order valence-corrected chi connectivity index (χ3v) is 5.05. The molecule has 0 amide bonds. The van der Waals surface area contributed by atoms with Gasteiger partial charge in [0.15, 0.2) is 0 Å². The lowest BCUT2D eigenvalue weighted by Gasteiger charge is -2.61. The number of aliphatic carboxylic acids is 1. The maximum atomic E-state index is 13.3. The third kappa shape index (κ3) is 2.05. The van der Waals surface area contributed by atoms with Crippen molar-refractivity contribution < 1.29 is 28.5 Å². The first-order chi connectivity index (χ1) is 8.78. The minimum atomic E-state index is -4.25. The van der Waals surface area contributed by atoms with Crippen LogP contribution in [0.3, 0.4) is 0 Å². The van der Waals surface area contributed by atoms with Gasteiger partial charge in [0.05, 0.1) is 5.60 Å². The number of carboxylic acids is 1. The minimum absolute atomic E-state index is 0.0397. The second kappa shape index (κ2) is 3.88. The molecule has 0 spiro atoms. The summed E-state index contributed by atoms with van der Waals surface area (Å²) in [6.07, 6.45) is -0.343. The summed E-state index contributed by atoms with van der Waals surface area (Å²) in [5.74, 6) is -1.97. The fourth-order valence-corrected chi connectivity index (χ4v) is 4.98. The van der Waals surface area contributed by atoms with Crippen molar-refractivity contribution in [3.63, 3.8) is 0 Å². The Hall–Kier alpha value is -0.750. The quantitative estimate of drug-likeness (QED) is 0.819. The first-order valence-corrected chi connectivity index (χ1v) is 6.69. The van der Waals surface area contributed by atoms with Crippen molar-refractivity contribution in [3.05, 3.63) is 0 Å². The highest BCUT2D eigenvalue weighted by atomic mass is 19.3. The molecule has 1 N–H and O–H groups in total. The van der Waals surface area contributed by atoms with Crippen LogP contribution in [0.15, 0.2) is 0 Å². The van der Waals surface area contributed by atoms with Crippen LogP contribution in [-0.4, -0.2) is 29.4 Å². The highest BCUT2D eigenvalue weighted by Gasteiger charge is 2.60. The molecule has 19 heavy (non-hydrogen) atoms. The number of aliphatic hydroxyl groups is 1. The highest BCUT2D eigenvalue weighted by molar-refractivity contribution is 5.71. The molecule has 4 aliphatic carbocycles. The molecule has 4 bridgehead atoms. The second-order valence-electron chi connectivity index (χ2n) is 6.71. The molecule has 0 aliphatic heterocycles. The lowest BCUT2D eigenvalue weighted by atomic mass is 9.48. The summed E-state index contributed by atoms with van der Waals surface area (Å²) >= 11 is 0. The van der Waals surface area contributed by atoms with Gasteiger partial charge in [-0.1, -0.05) is 0 Å². The van der Waals surface area contributed by atoms with Crippen molar-refractivity contribution in [1.82, 2.24) is 0 Å². The average molecular weight is 275 g/mol. The Morgan fingerprint density at radius 3 is 2.37 bits per heavy atom. The van der Waals surface area contributed by atoms with Gasteiger partial charge < -0.3 is 19.7 Å². The summed E-state index contributed by atoms with van der Waals surface area (Å²) in [7, 11) is 0. The predicted molar refractivity (Wildman–Crippen MR) is 58.0 cm³/mol. The van der Waals surface area contributed by atoms with Gasteiger partial charge in [-0.05, 0) is 55.8 Å². The topological polar surface area (TPSA) is 69.6 Å². The van der Waals surface area contributed by atoms with Gasteiger partial charge >= 0.3 is 6.11 Å². The van der Waals surface area contributed by atoms with E-state index in [1.807, 2.05) is 0 Å². The van der Waals surface area contributed by atoms with Crippen molar-refractivity contribution in [2.75, 3.05) is 6.61 Å². The summed E-state index contributed by atoms with van der Waals surface area (Å²) in [5, 5.41) is 20.0. The number of carboxylic acid groups (broad SMARTS) is 1. The summed E-state index contributed by atoms with van der Waals surface area (Å²) in [6, 6.07) is 0. The van der Waals surface area contributed by atoms with Crippen molar-refractivity contribution in [3.8, 4) is 0 Å². The maximum Gasteiger partial charge on any atom is 0.398 e. The van der Waals surface area contributed by atoms with E-state index in [4.69, 9.17) is 4.74 Å². The zero-order chi connectivity index (χ0) is 13.9. The zero-order valence-electron chi connectivity index (χ0n) is 10.5. The molecule has 4 nitrogen and oxygen atoms in total. The smallest absolute Gasteiger partial charge is 0.398 e. The molecular weight excluding hydrogens is 258 g/mol. The fraction of sp³-hybridized carbons (Fsp3) is 0.923. The van der Waals surface area contributed by atoms with E-state index in [0.29, 0.717) is 19.3 Å². The molecule has 2 unspecified atom stereocenters. The lowest BCUT2D eigenvalue weighted by Crippen LogP contribution is -2.61. The molecule has 4 rings (SSSR count). The molecule has 2 atom stereocenters. The number of alkyl halides is 2. The summed E-state index contributed by atoms with van der Waals surface area (Å²) < 4.78 is 31.4. The van der Waals surface area contributed by atoms with E-state index in [9.17, 15) is 23.8 Å². The van der Waals surface area contributed by atoms with Gasteiger partial charge in [-0.3, -0.25) is 0 Å². The zero-order valence-corrected chi connectivity index (χ0v) is 10.5. The van der Waals surface area contributed by atoms with Crippen LogP contribution < -0.4 is 5.11 Å². The van der Waals surface area contributed by atoms with Gasteiger partial charge in [-0.2, -0.15) is 8.78 Å². The molecular formula is C13H17F2O4-. The number of halogens is 2. The molecule has 0 aromatic heterocycles. The van der Waals surface area contributed by atoms with Crippen molar-refractivity contribution in [2.45, 2.75) is 50.2 Å². The van der Waals surface area contributed by atoms with Crippen molar-refractivity contribution in [2.24, 2.45) is 17.3 Å². The van der Waals surface area contributed by atoms with E-state index in [1.165, 1.54) is 0 Å². The fourth-order valence-electron chi connectivity index (χ4n) is 4.98. The second-order valence-corrected chi connectivity index (χ2v) is 6.71. The molecule has 0 aromatic carbocycles. The number of ether oxygens (including phenoxy) is 1. The van der Waals surface area contributed by atoms with Crippen LogP contribution in [0.2, 0.25) is 0 Å². The average Bonchev–Trinajstić information content (AvgIpc) is 2.25. The SMILES string of the molecule is O=C([O-])C(F)(F)OC12CC3CC(CC(CO)(C3)C1)C2. The monoisotopic (exact) mass is 275 g/mol. The first-order valence-electron chi connectivity index (χ1n) is 6.69. The van der Waals surface area contributed by atoms with Crippen LogP contribution in [0, 0.1) is 17.3 Å². The number of rotatable bonds is 4. The van der Waals surface area contributed by atoms with Crippen LogP contribution in [0.5, 0.6) is 0 Å². The Balaban J connectivity index is 1.86. The molecule has 0 radical (unpaired) electrons. The van der Waals surface area contributed by atoms with Crippen LogP contribution in [0.4, 0.5) is 8.78 Å². The van der Waals surface area contributed by atoms with Crippen molar-refractivity contribution in [1.29, 1.82) is 0 Å². The number of hydrogen-bond donors (Lipinski definition) is 1. The van der Waals surface area contributed by atoms with Gasteiger partial charge in [0, 0.05) is 6.61 Å². The largest absolute Gasteiger partial charge is 0.542 e. The van der Waals surface area contributed by atoms with Gasteiger partial charge in [0.25, 0.3) is 0 Å². The van der Waals surface area contributed by atoms with Crippen LogP contribution in [0.1, 0.15) is 38.5 Å². The van der Waals surface area contributed by atoms with Gasteiger partial charge in [-0.25, -0.2) is 0 Å². The minimum Gasteiger partial charge on any atom is -0.542 e. The van der Waals surface area contributed by atoms with E-state index in [2.05, 4.69) is 0 Å². The molecule has 0 saturated heterocycles. The number of carbonyl (C=O) groups is 1.